The van der Waals surface area contributed by atoms with Crippen LogP contribution >= 0.6 is 11.3 Å². The van der Waals surface area contributed by atoms with Crippen LogP contribution in [0.15, 0.2) is 16.2 Å². The van der Waals surface area contributed by atoms with Crippen molar-refractivity contribution in [2.75, 3.05) is 26.2 Å². The van der Waals surface area contributed by atoms with Crippen LogP contribution in [-0.2, 0) is 6.54 Å². The van der Waals surface area contributed by atoms with Crippen molar-refractivity contribution in [2.24, 2.45) is 11.8 Å². The van der Waals surface area contributed by atoms with Crippen LogP contribution in [0.3, 0.4) is 0 Å². The van der Waals surface area contributed by atoms with E-state index in [1.165, 1.54) is 24.3 Å². The number of nitrogens with zero attached hydrogens (tertiary/aromatic N) is 2. The zero-order valence-electron chi connectivity index (χ0n) is 11.3. The molecule has 0 amide bonds. The van der Waals surface area contributed by atoms with E-state index in [9.17, 15) is 4.79 Å². The quantitative estimate of drug-likeness (QED) is 0.867. The van der Waals surface area contributed by atoms with E-state index in [-0.39, 0.29) is 5.56 Å². The van der Waals surface area contributed by atoms with E-state index in [0.29, 0.717) is 0 Å². The Morgan fingerprint density at radius 3 is 3.25 bits per heavy atom. The predicted octanol–water partition coefficient (Wildman–Crippen LogP) is 1.03. The van der Waals surface area contributed by atoms with E-state index >= 15 is 0 Å². The number of aromatic amines is 1. The second kappa shape index (κ2) is 4.95. The Labute approximate surface area is 121 Å². The Balaban J connectivity index is 1.54. The first-order chi connectivity index (χ1) is 9.79. The van der Waals surface area contributed by atoms with Gasteiger partial charge in [0.15, 0.2) is 0 Å². The van der Waals surface area contributed by atoms with E-state index in [2.05, 4.69) is 20.2 Å². The van der Waals surface area contributed by atoms with Crippen molar-refractivity contribution in [1.29, 1.82) is 0 Å². The molecule has 0 aliphatic carbocycles. The molecule has 2 N–H and O–H groups in total. The summed E-state index contributed by atoms with van der Waals surface area (Å²) >= 11 is 1.45. The first kappa shape index (κ1) is 12.5. The van der Waals surface area contributed by atoms with Crippen LogP contribution in [0, 0.1) is 11.8 Å². The summed E-state index contributed by atoms with van der Waals surface area (Å²) in [5, 5.41) is 5.40. The summed E-state index contributed by atoms with van der Waals surface area (Å²) in [6.45, 7) is 5.28. The van der Waals surface area contributed by atoms with Crippen molar-refractivity contribution in [2.45, 2.75) is 13.0 Å². The van der Waals surface area contributed by atoms with Crippen molar-refractivity contribution in [3.8, 4) is 0 Å². The highest BCUT2D eigenvalue weighted by Gasteiger charge is 2.32. The Hall–Kier alpha value is -1.24. The van der Waals surface area contributed by atoms with Crippen LogP contribution in [0.25, 0.3) is 10.2 Å². The Bertz CT molecular complexity index is 679. The summed E-state index contributed by atoms with van der Waals surface area (Å²) in [4.78, 5) is 21.9. The van der Waals surface area contributed by atoms with Crippen LogP contribution in [-0.4, -0.2) is 41.0 Å². The molecule has 4 rings (SSSR count). The topological polar surface area (TPSA) is 61.0 Å². The summed E-state index contributed by atoms with van der Waals surface area (Å²) < 4.78 is 0.729. The molecule has 0 spiro atoms. The van der Waals surface area contributed by atoms with Gasteiger partial charge in [-0.25, -0.2) is 4.98 Å². The van der Waals surface area contributed by atoms with Crippen LogP contribution < -0.4 is 10.9 Å². The molecule has 106 valence electrons. The molecule has 2 aliphatic rings. The lowest BCUT2D eigenvalue weighted by Crippen LogP contribution is -2.40. The lowest BCUT2D eigenvalue weighted by Gasteiger charge is -2.33. The van der Waals surface area contributed by atoms with Gasteiger partial charge in [-0.15, -0.1) is 11.3 Å². The molecular formula is C14H18N4OS. The van der Waals surface area contributed by atoms with Crippen molar-refractivity contribution in [3.63, 3.8) is 0 Å². The zero-order chi connectivity index (χ0) is 13.5. The van der Waals surface area contributed by atoms with Gasteiger partial charge in [-0.3, -0.25) is 9.69 Å². The average molecular weight is 290 g/mol. The van der Waals surface area contributed by atoms with Gasteiger partial charge in [-0.05, 0) is 49.3 Å². The highest BCUT2D eigenvalue weighted by molar-refractivity contribution is 7.17. The van der Waals surface area contributed by atoms with Gasteiger partial charge in [0.1, 0.15) is 10.5 Å². The molecule has 0 aromatic carbocycles. The second-order valence-electron chi connectivity index (χ2n) is 5.85. The lowest BCUT2D eigenvalue weighted by atomic mass is 9.89. The van der Waals surface area contributed by atoms with Gasteiger partial charge < -0.3 is 10.3 Å². The van der Waals surface area contributed by atoms with Crippen molar-refractivity contribution < 1.29 is 0 Å². The fourth-order valence-corrected chi connectivity index (χ4v) is 4.19. The molecule has 4 heterocycles. The van der Waals surface area contributed by atoms with Gasteiger partial charge in [0.05, 0.1) is 12.1 Å². The van der Waals surface area contributed by atoms with E-state index in [4.69, 9.17) is 0 Å². The molecule has 2 saturated heterocycles. The highest BCUT2D eigenvalue weighted by atomic mass is 32.1. The standard InChI is InChI=1S/C14H18N4OS/c19-14-13-11(2-4-20-13)16-12(17-14)8-18-3-1-9-5-15-6-10(9)7-18/h2,4,9-10,15H,1,3,5-8H2,(H,16,17,19). The summed E-state index contributed by atoms with van der Waals surface area (Å²) in [6, 6.07) is 1.92. The maximum absolute atomic E-state index is 12.0. The van der Waals surface area contributed by atoms with E-state index in [1.807, 2.05) is 11.4 Å². The van der Waals surface area contributed by atoms with Gasteiger partial charge in [0.25, 0.3) is 5.56 Å². The smallest absolute Gasteiger partial charge is 0.268 e. The Kier molecular flexibility index (Phi) is 3.09. The number of rotatable bonds is 2. The predicted molar refractivity (Wildman–Crippen MR) is 80.0 cm³/mol. The SMILES string of the molecule is O=c1[nH]c(CN2CCC3CNCC3C2)nc2ccsc12. The summed E-state index contributed by atoms with van der Waals surface area (Å²) in [5.41, 5.74) is 0.823. The minimum atomic E-state index is -0.00239. The number of hydrogen-bond donors (Lipinski definition) is 2. The normalized spacial score (nSPS) is 27.0. The first-order valence-electron chi connectivity index (χ1n) is 7.19. The van der Waals surface area contributed by atoms with Crippen LogP contribution in [0.2, 0.25) is 0 Å². The third kappa shape index (κ3) is 2.17. The third-order valence-electron chi connectivity index (χ3n) is 4.53. The number of likely N-dealkylation sites (tertiary alicyclic amines) is 1. The second-order valence-corrected chi connectivity index (χ2v) is 6.77. The Morgan fingerprint density at radius 1 is 1.40 bits per heavy atom. The molecule has 2 fully saturated rings. The molecule has 0 bridgehead atoms. The molecule has 6 heteroatoms. The maximum atomic E-state index is 12.0. The molecule has 2 aliphatic heterocycles. The van der Waals surface area contributed by atoms with Gasteiger partial charge >= 0.3 is 0 Å². The van der Waals surface area contributed by atoms with E-state index < -0.39 is 0 Å². The molecule has 0 radical (unpaired) electrons. The van der Waals surface area contributed by atoms with Gasteiger partial charge in [-0.1, -0.05) is 0 Å². The number of piperidine rings is 1. The number of H-pyrrole nitrogens is 1. The number of fused-ring (bicyclic) bond motifs is 2. The van der Waals surface area contributed by atoms with Crippen LogP contribution in [0.4, 0.5) is 0 Å². The number of hydrogen-bond acceptors (Lipinski definition) is 5. The number of nitrogens with one attached hydrogen (secondary N) is 2. The highest BCUT2D eigenvalue weighted by Crippen LogP contribution is 2.27. The molecule has 20 heavy (non-hydrogen) atoms. The van der Waals surface area contributed by atoms with Gasteiger partial charge in [-0.2, -0.15) is 0 Å². The summed E-state index contributed by atoms with van der Waals surface area (Å²) in [6.07, 6.45) is 1.25. The molecule has 0 saturated carbocycles. The average Bonchev–Trinajstić information content (AvgIpc) is 3.06. The fourth-order valence-electron chi connectivity index (χ4n) is 3.46. The Morgan fingerprint density at radius 2 is 2.30 bits per heavy atom. The van der Waals surface area contributed by atoms with Crippen molar-refractivity contribution in [1.82, 2.24) is 20.2 Å². The fraction of sp³-hybridized carbons (Fsp3) is 0.571. The summed E-state index contributed by atoms with van der Waals surface area (Å²) in [7, 11) is 0. The molecule has 5 nitrogen and oxygen atoms in total. The van der Waals surface area contributed by atoms with Gasteiger partial charge in [0, 0.05) is 6.54 Å². The molecule has 2 unspecified atom stereocenters. The number of thiophene rings is 1. The minimum absolute atomic E-state index is 0.00239. The third-order valence-corrected chi connectivity index (χ3v) is 5.43. The molecule has 2 aromatic rings. The summed E-state index contributed by atoms with van der Waals surface area (Å²) in [5.74, 6) is 2.41. The first-order valence-corrected chi connectivity index (χ1v) is 8.07. The van der Waals surface area contributed by atoms with E-state index in [0.717, 1.165) is 54.1 Å². The van der Waals surface area contributed by atoms with Crippen molar-refractivity contribution in [3.05, 3.63) is 27.6 Å². The minimum Gasteiger partial charge on any atom is -0.316 e. The van der Waals surface area contributed by atoms with E-state index in [1.54, 1.807) is 0 Å². The number of aromatic nitrogens is 2. The lowest BCUT2D eigenvalue weighted by molar-refractivity contribution is 0.139. The monoisotopic (exact) mass is 290 g/mol. The largest absolute Gasteiger partial charge is 0.316 e. The van der Waals surface area contributed by atoms with Gasteiger partial charge in [0.2, 0.25) is 0 Å². The van der Waals surface area contributed by atoms with Crippen molar-refractivity contribution >= 4 is 21.6 Å². The molecular weight excluding hydrogens is 272 g/mol. The van der Waals surface area contributed by atoms with Crippen LogP contribution in [0.5, 0.6) is 0 Å². The zero-order valence-corrected chi connectivity index (χ0v) is 12.1. The molecule has 2 atom stereocenters. The maximum Gasteiger partial charge on any atom is 0.268 e. The molecule has 2 aromatic heterocycles. The van der Waals surface area contributed by atoms with Crippen LogP contribution in [0.1, 0.15) is 12.2 Å².